The van der Waals surface area contributed by atoms with Crippen LogP contribution in [0.25, 0.3) is 10.8 Å². The van der Waals surface area contributed by atoms with Crippen LogP contribution in [0.3, 0.4) is 0 Å². The van der Waals surface area contributed by atoms with E-state index in [1.807, 2.05) is 78.6 Å². The van der Waals surface area contributed by atoms with Gasteiger partial charge in [-0.05, 0) is 47.5 Å². The molecule has 1 aliphatic rings. The van der Waals surface area contributed by atoms with E-state index in [1.165, 1.54) is 0 Å². The van der Waals surface area contributed by atoms with E-state index in [1.54, 1.807) is 4.90 Å². The first-order valence-corrected chi connectivity index (χ1v) is 9.51. The van der Waals surface area contributed by atoms with Crippen LogP contribution in [0.5, 0.6) is 0 Å². The van der Waals surface area contributed by atoms with E-state index in [9.17, 15) is 9.59 Å². The Morgan fingerprint density at radius 1 is 0.786 bits per heavy atom. The molecule has 0 bridgehead atoms. The summed E-state index contributed by atoms with van der Waals surface area (Å²) in [5.74, 6) is 0.0181. The second kappa shape index (κ2) is 7.72. The zero-order valence-electron chi connectivity index (χ0n) is 15.9. The van der Waals surface area contributed by atoms with Gasteiger partial charge in [0, 0.05) is 37.4 Å². The second-order valence-electron chi connectivity index (χ2n) is 7.14. The standard InChI is InChI=1S/C23H23N3O2/c1-17-5-4-8-21(15-17)24-23(28)26-13-11-25(12-14-26)22(27)20-10-9-18-6-2-3-7-19(18)16-20/h2-10,15-16H,11-14H2,1H3,(H,24,28). The zero-order chi connectivity index (χ0) is 19.5. The number of anilines is 1. The Labute approximate surface area is 164 Å². The van der Waals surface area contributed by atoms with Crippen molar-refractivity contribution in [2.24, 2.45) is 0 Å². The van der Waals surface area contributed by atoms with E-state index in [4.69, 9.17) is 0 Å². The molecule has 0 spiro atoms. The van der Waals surface area contributed by atoms with Crippen molar-refractivity contribution in [2.75, 3.05) is 31.5 Å². The number of hydrogen-bond donors (Lipinski definition) is 1. The first kappa shape index (κ1) is 18.0. The van der Waals surface area contributed by atoms with Gasteiger partial charge in [-0.2, -0.15) is 0 Å². The van der Waals surface area contributed by atoms with Gasteiger partial charge in [-0.1, -0.05) is 42.5 Å². The number of aryl methyl sites for hydroxylation is 1. The van der Waals surface area contributed by atoms with E-state index in [0.29, 0.717) is 31.7 Å². The van der Waals surface area contributed by atoms with Gasteiger partial charge in [-0.3, -0.25) is 4.79 Å². The SMILES string of the molecule is Cc1cccc(NC(=O)N2CCN(C(=O)c3ccc4ccccc4c3)CC2)c1. The Bertz CT molecular complexity index is 1020. The smallest absolute Gasteiger partial charge is 0.321 e. The third kappa shape index (κ3) is 3.83. The number of hydrogen-bond acceptors (Lipinski definition) is 2. The summed E-state index contributed by atoms with van der Waals surface area (Å²) >= 11 is 0. The molecule has 1 fully saturated rings. The topological polar surface area (TPSA) is 52.7 Å². The first-order chi connectivity index (χ1) is 13.6. The van der Waals surface area contributed by atoms with Crippen LogP contribution in [-0.2, 0) is 0 Å². The van der Waals surface area contributed by atoms with Gasteiger partial charge in [0.05, 0.1) is 0 Å². The third-order valence-corrected chi connectivity index (χ3v) is 5.12. The Hall–Kier alpha value is -3.34. The summed E-state index contributed by atoms with van der Waals surface area (Å²) in [6.45, 7) is 4.11. The minimum atomic E-state index is -0.122. The van der Waals surface area contributed by atoms with Crippen molar-refractivity contribution in [3.8, 4) is 0 Å². The van der Waals surface area contributed by atoms with Crippen LogP contribution < -0.4 is 5.32 Å². The molecule has 1 N–H and O–H groups in total. The highest BCUT2D eigenvalue weighted by Gasteiger charge is 2.25. The normalized spacial score (nSPS) is 14.2. The van der Waals surface area contributed by atoms with Gasteiger partial charge in [-0.15, -0.1) is 0 Å². The fraction of sp³-hybridized carbons (Fsp3) is 0.217. The number of nitrogens with one attached hydrogen (secondary N) is 1. The predicted octanol–water partition coefficient (Wildman–Crippen LogP) is 4.14. The molecule has 1 saturated heterocycles. The number of rotatable bonds is 2. The maximum Gasteiger partial charge on any atom is 0.321 e. The predicted molar refractivity (Wildman–Crippen MR) is 112 cm³/mol. The summed E-state index contributed by atoms with van der Waals surface area (Å²) in [6, 6.07) is 21.4. The molecule has 0 unspecified atom stereocenters. The average molecular weight is 373 g/mol. The summed E-state index contributed by atoms with van der Waals surface area (Å²) in [5, 5.41) is 5.11. The molecule has 0 radical (unpaired) electrons. The number of amides is 3. The molecule has 3 aromatic rings. The molecule has 0 atom stereocenters. The average Bonchev–Trinajstić information content (AvgIpc) is 2.73. The lowest BCUT2D eigenvalue weighted by Crippen LogP contribution is -2.51. The van der Waals surface area contributed by atoms with E-state index >= 15 is 0 Å². The minimum absolute atomic E-state index is 0.0181. The molecular weight excluding hydrogens is 350 g/mol. The fourth-order valence-corrected chi connectivity index (χ4v) is 3.54. The van der Waals surface area contributed by atoms with Crippen LogP contribution in [0.2, 0.25) is 0 Å². The molecule has 3 amide bonds. The quantitative estimate of drug-likeness (QED) is 0.734. The highest BCUT2D eigenvalue weighted by molar-refractivity contribution is 5.98. The number of carbonyl (C=O) groups excluding carboxylic acids is 2. The molecule has 0 saturated carbocycles. The number of fused-ring (bicyclic) bond motifs is 1. The lowest BCUT2D eigenvalue weighted by molar-refractivity contribution is 0.0672. The van der Waals surface area contributed by atoms with E-state index in [2.05, 4.69) is 5.32 Å². The van der Waals surface area contributed by atoms with Gasteiger partial charge in [0.2, 0.25) is 0 Å². The molecule has 0 aliphatic carbocycles. The van der Waals surface area contributed by atoms with Crippen molar-refractivity contribution in [1.82, 2.24) is 9.80 Å². The van der Waals surface area contributed by atoms with Crippen molar-refractivity contribution in [2.45, 2.75) is 6.92 Å². The fourth-order valence-electron chi connectivity index (χ4n) is 3.54. The van der Waals surface area contributed by atoms with E-state index < -0.39 is 0 Å². The van der Waals surface area contributed by atoms with Gasteiger partial charge >= 0.3 is 6.03 Å². The summed E-state index contributed by atoms with van der Waals surface area (Å²) in [7, 11) is 0. The summed E-state index contributed by atoms with van der Waals surface area (Å²) in [6.07, 6.45) is 0. The molecule has 1 heterocycles. The maximum atomic E-state index is 12.9. The summed E-state index contributed by atoms with van der Waals surface area (Å²) in [5.41, 5.74) is 2.58. The van der Waals surface area contributed by atoms with Crippen LogP contribution in [-0.4, -0.2) is 47.9 Å². The Morgan fingerprint density at radius 2 is 1.50 bits per heavy atom. The molecule has 5 nitrogen and oxygen atoms in total. The van der Waals surface area contributed by atoms with Gasteiger partial charge in [0.15, 0.2) is 0 Å². The van der Waals surface area contributed by atoms with Crippen molar-refractivity contribution >= 4 is 28.4 Å². The van der Waals surface area contributed by atoms with E-state index in [-0.39, 0.29) is 11.9 Å². The van der Waals surface area contributed by atoms with Gasteiger partial charge in [0.25, 0.3) is 5.91 Å². The number of urea groups is 1. The number of carbonyl (C=O) groups is 2. The van der Waals surface area contributed by atoms with Crippen LogP contribution in [0.15, 0.2) is 66.7 Å². The highest BCUT2D eigenvalue weighted by Crippen LogP contribution is 2.18. The minimum Gasteiger partial charge on any atom is -0.335 e. The Morgan fingerprint density at radius 3 is 2.25 bits per heavy atom. The molecule has 5 heteroatoms. The highest BCUT2D eigenvalue weighted by atomic mass is 16.2. The van der Waals surface area contributed by atoms with Crippen LogP contribution in [0.4, 0.5) is 10.5 Å². The van der Waals surface area contributed by atoms with Crippen molar-refractivity contribution < 1.29 is 9.59 Å². The molecule has 28 heavy (non-hydrogen) atoms. The largest absolute Gasteiger partial charge is 0.335 e. The van der Waals surface area contributed by atoms with Crippen LogP contribution in [0, 0.1) is 6.92 Å². The first-order valence-electron chi connectivity index (χ1n) is 9.51. The molecule has 142 valence electrons. The van der Waals surface area contributed by atoms with Gasteiger partial charge in [0.1, 0.15) is 0 Å². The van der Waals surface area contributed by atoms with Crippen LogP contribution in [0.1, 0.15) is 15.9 Å². The molecule has 3 aromatic carbocycles. The third-order valence-electron chi connectivity index (χ3n) is 5.12. The van der Waals surface area contributed by atoms with E-state index in [0.717, 1.165) is 22.0 Å². The number of nitrogens with zero attached hydrogens (tertiary/aromatic N) is 2. The van der Waals surface area contributed by atoms with Crippen LogP contribution >= 0.6 is 0 Å². The zero-order valence-corrected chi connectivity index (χ0v) is 15.9. The monoisotopic (exact) mass is 373 g/mol. The Kier molecular flexibility index (Phi) is 4.98. The van der Waals surface area contributed by atoms with Crippen molar-refractivity contribution in [1.29, 1.82) is 0 Å². The molecular formula is C23H23N3O2. The van der Waals surface area contributed by atoms with Gasteiger partial charge < -0.3 is 15.1 Å². The molecule has 0 aromatic heterocycles. The lowest BCUT2D eigenvalue weighted by atomic mass is 10.1. The second-order valence-corrected chi connectivity index (χ2v) is 7.14. The number of piperazine rings is 1. The molecule has 1 aliphatic heterocycles. The maximum absolute atomic E-state index is 12.9. The molecule has 4 rings (SSSR count). The Balaban J connectivity index is 1.37. The van der Waals surface area contributed by atoms with Crippen molar-refractivity contribution in [3.05, 3.63) is 77.9 Å². The number of benzene rings is 3. The summed E-state index contributed by atoms with van der Waals surface area (Å²) in [4.78, 5) is 28.9. The lowest BCUT2D eigenvalue weighted by Gasteiger charge is -2.34. The van der Waals surface area contributed by atoms with Crippen molar-refractivity contribution in [3.63, 3.8) is 0 Å². The summed E-state index contributed by atoms with van der Waals surface area (Å²) < 4.78 is 0. The van der Waals surface area contributed by atoms with Gasteiger partial charge in [-0.25, -0.2) is 4.79 Å².